The molecule has 0 aliphatic rings. The third kappa shape index (κ3) is 4.91. The lowest BCUT2D eigenvalue weighted by Gasteiger charge is -2.09. The zero-order chi connectivity index (χ0) is 17.5. The highest BCUT2D eigenvalue weighted by molar-refractivity contribution is 5.92. The van der Waals surface area contributed by atoms with Gasteiger partial charge in [-0.05, 0) is 48.4 Å². The number of carbonyl (C=O) groups is 2. The van der Waals surface area contributed by atoms with Gasteiger partial charge in [-0.25, -0.2) is 5.01 Å². The number of aromatic hydroxyl groups is 1. The van der Waals surface area contributed by atoms with Gasteiger partial charge in [0, 0.05) is 19.0 Å². The Hall–Kier alpha value is -3.22. The Bertz CT molecular complexity index is 739. The number of amides is 2. The van der Waals surface area contributed by atoms with Crippen LogP contribution in [0.4, 0.5) is 5.69 Å². The Morgan fingerprint density at radius 2 is 1.71 bits per heavy atom. The third-order valence-corrected chi connectivity index (χ3v) is 3.37. The van der Waals surface area contributed by atoms with Gasteiger partial charge in [-0.15, -0.1) is 5.11 Å². The molecule has 7 nitrogen and oxygen atoms in total. The lowest BCUT2D eigenvalue weighted by molar-refractivity contribution is -0.130. The largest absolute Gasteiger partial charge is 0.508 e. The van der Waals surface area contributed by atoms with Gasteiger partial charge in [-0.1, -0.05) is 17.4 Å². The van der Waals surface area contributed by atoms with E-state index in [1.165, 1.54) is 12.1 Å². The summed E-state index contributed by atoms with van der Waals surface area (Å²) in [5, 5.41) is 18.2. The van der Waals surface area contributed by atoms with E-state index >= 15 is 0 Å². The summed E-state index contributed by atoms with van der Waals surface area (Å²) in [5.41, 5.74) is 7.00. The second-order valence-corrected chi connectivity index (χ2v) is 5.18. The van der Waals surface area contributed by atoms with Gasteiger partial charge >= 0.3 is 0 Å². The summed E-state index contributed by atoms with van der Waals surface area (Å²) in [6.45, 7) is 0. The summed E-state index contributed by atoms with van der Waals surface area (Å²) < 4.78 is 0. The number of benzene rings is 2. The van der Waals surface area contributed by atoms with Crippen LogP contribution >= 0.6 is 0 Å². The fourth-order valence-corrected chi connectivity index (χ4v) is 1.94. The predicted molar refractivity (Wildman–Crippen MR) is 88.7 cm³/mol. The Labute approximate surface area is 139 Å². The molecule has 0 radical (unpaired) electrons. The molecule has 2 aromatic carbocycles. The first-order chi connectivity index (χ1) is 11.5. The molecule has 0 aliphatic heterocycles. The van der Waals surface area contributed by atoms with E-state index in [2.05, 4.69) is 10.3 Å². The minimum absolute atomic E-state index is 0.180. The number of hydrogen-bond donors (Lipinski definition) is 2. The lowest BCUT2D eigenvalue weighted by Crippen LogP contribution is -2.20. The molecule has 0 saturated heterocycles. The van der Waals surface area contributed by atoms with Crippen molar-refractivity contribution in [2.75, 3.05) is 7.05 Å². The monoisotopic (exact) mass is 326 g/mol. The average molecular weight is 326 g/mol. The van der Waals surface area contributed by atoms with Crippen LogP contribution in [0.25, 0.3) is 0 Å². The smallest absolute Gasteiger partial charge is 0.248 e. The van der Waals surface area contributed by atoms with Gasteiger partial charge in [0.1, 0.15) is 5.75 Å². The average Bonchev–Trinajstić information content (AvgIpc) is 2.59. The van der Waals surface area contributed by atoms with E-state index in [9.17, 15) is 14.7 Å². The van der Waals surface area contributed by atoms with Gasteiger partial charge in [0.05, 0.1) is 5.69 Å². The van der Waals surface area contributed by atoms with Crippen molar-refractivity contribution < 1.29 is 14.7 Å². The van der Waals surface area contributed by atoms with Gasteiger partial charge in [-0.2, -0.15) is 0 Å². The normalized spacial score (nSPS) is 10.7. The molecule has 124 valence electrons. The number of nitrogens with zero attached hydrogens (tertiary/aromatic N) is 3. The molecular weight excluding hydrogens is 308 g/mol. The molecule has 2 rings (SSSR count). The molecule has 24 heavy (non-hydrogen) atoms. The Morgan fingerprint density at radius 3 is 2.29 bits per heavy atom. The van der Waals surface area contributed by atoms with Crippen LogP contribution in [0.3, 0.4) is 0 Å². The van der Waals surface area contributed by atoms with Crippen LogP contribution in [0, 0.1) is 0 Å². The Balaban J connectivity index is 1.88. The van der Waals surface area contributed by atoms with Gasteiger partial charge in [0.15, 0.2) is 0 Å². The van der Waals surface area contributed by atoms with Crippen LogP contribution in [-0.2, 0) is 11.2 Å². The van der Waals surface area contributed by atoms with Gasteiger partial charge in [0.2, 0.25) is 11.8 Å². The first-order valence-electron chi connectivity index (χ1n) is 7.31. The topological polar surface area (TPSA) is 108 Å². The SMILES string of the molecule is CN(N=Nc1ccc(C(N)=O)cc1)C(=O)CCc1ccc(O)cc1. The first-order valence-corrected chi connectivity index (χ1v) is 7.31. The van der Waals surface area contributed by atoms with Crippen LogP contribution < -0.4 is 5.73 Å². The Kier molecular flexibility index (Phi) is 5.62. The van der Waals surface area contributed by atoms with Crippen molar-refractivity contribution >= 4 is 17.5 Å². The molecule has 2 aromatic rings. The minimum atomic E-state index is -0.514. The number of carbonyl (C=O) groups excluding carboxylic acids is 2. The molecule has 0 spiro atoms. The summed E-state index contributed by atoms with van der Waals surface area (Å²) in [5.74, 6) is -0.501. The molecule has 0 atom stereocenters. The molecule has 0 aromatic heterocycles. The number of phenols is 1. The molecular formula is C17H18N4O3. The predicted octanol–water partition coefficient (Wildman–Crippen LogP) is 2.58. The highest BCUT2D eigenvalue weighted by Gasteiger charge is 2.08. The molecule has 0 heterocycles. The molecule has 7 heteroatoms. The van der Waals surface area contributed by atoms with E-state index in [0.29, 0.717) is 17.7 Å². The highest BCUT2D eigenvalue weighted by atomic mass is 16.3. The number of primary amides is 1. The summed E-state index contributed by atoms with van der Waals surface area (Å²) in [6.07, 6.45) is 0.827. The van der Waals surface area contributed by atoms with Crippen molar-refractivity contribution in [1.82, 2.24) is 5.01 Å². The van der Waals surface area contributed by atoms with Crippen molar-refractivity contribution in [3.05, 3.63) is 59.7 Å². The molecule has 0 bridgehead atoms. The van der Waals surface area contributed by atoms with E-state index in [1.807, 2.05) is 0 Å². The summed E-state index contributed by atoms with van der Waals surface area (Å²) >= 11 is 0. The number of phenolic OH excluding ortho intramolecular Hbond substituents is 1. The van der Waals surface area contributed by atoms with Crippen LogP contribution in [-0.4, -0.2) is 29.0 Å². The quantitative estimate of drug-likeness (QED) is 0.629. The summed E-state index contributed by atoms with van der Waals surface area (Å²) in [4.78, 5) is 23.0. The summed E-state index contributed by atoms with van der Waals surface area (Å²) in [7, 11) is 1.53. The zero-order valence-electron chi connectivity index (χ0n) is 13.2. The first kappa shape index (κ1) is 17.1. The van der Waals surface area contributed by atoms with Crippen molar-refractivity contribution in [2.45, 2.75) is 12.8 Å². The van der Waals surface area contributed by atoms with Crippen LogP contribution in [0.5, 0.6) is 5.75 Å². The number of nitrogens with two attached hydrogens (primary N) is 1. The number of rotatable bonds is 6. The standard InChI is InChI=1S/C17H18N4O3/c1-21(16(23)11-4-12-2-9-15(22)10-3-12)20-19-14-7-5-13(6-8-14)17(18)24/h2-3,5-10,22H,4,11H2,1H3,(H2,18,24). The molecule has 0 unspecified atom stereocenters. The van der Waals surface area contributed by atoms with Crippen LogP contribution in [0.2, 0.25) is 0 Å². The second kappa shape index (κ2) is 7.87. The fourth-order valence-electron chi connectivity index (χ4n) is 1.94. The van der Waals surface area contributed by atoms with Crippen molar-refractivity contribution in [1.29, 1.82) is 0 Å². The number of aryl methyl sites for hydroxylation is 1. The molecule has 0 aliphatic carbocycles. The van der Waals surface area contributed by atoms with E-state index in [1.54, 1.807) is 48.5 Å². The maximum absolute atomic E-state index is 12.0. The maximum Gasteiger partial charge on any atom is 0.248 e. The molecule has 0 fully saturated rings. The van der Waals surface area contributed by atoms with Crippen molar-refractivity contribution in [3.8, 4) is 5.75 Å². The third-order valence-electron chi connectivity index (χ3n) is 3.37. The van der Waals surface area contributed by atoms with Gasteiger partial charge in [-0.3, -0.25) is 9.59 Å². The summed E-state index contributed by atoms with van der Waals surface area (Å²) in [6, 6.07) is 13.0. The van der Waals surface area contributed by atoms with Crippen molar-refractivity contribution in [2.24, 2.45) is 16.1 Å². The highest BCUT2D eigenvalue weighted by Crippen LogP contribution is 2.15. The molecule has 2 amide bonds. The van der Waals surface area contributed by atoms with Crippen molar-refractivity contribution in [3.63, 3.8) is 0 Å². The maximum atomic E-state index is 12.0. The van der Waals surface area contributed by atoms with Gasteiger partial charge in [0.25, 0.3) is 0 Å². The molecule has 3 N–H and O–H groups in total. The van der Waals surface area contributed by atoms with E-state index in [0.717, 1.165) is 5.56 Å². The number of hydrogen-bond acceptors (Lipinski definition) is 5. The second-order valence-electron chi connectivity index (χ2n) is 5.18. The lowest BCUT2D eigenvalue weighted by atomic mass is 10.1. The van der Waals surface area contributed by atoms with E-state index in [4.69, 9.17) is 5.73 Å². The Morgan fingerprint density at radius 1 is 1.08 bits per heavy atom. The molecule has 0 saturated carbocycles. The van der Waals surface area contributed by atoms with Gasteiger partial charge < -0.3 is 10.8 Å². The minimum Gasteiger partial charge on any atom is -0.508 e. The van der Waals surface area contributed by atoms with Crippen LogP contribution in [0.15, 0.2) is 58.9 Å². The fraction of sp³-hybridized carbons (Fsp3) is 0.176. The van der Waals surface area contributed by atoms with E-state index < -0.39 is 5.91 Å². The zero-order valence-corrected chi connectivity index (χ0v) is 13.2. The van der Waals surface area contributed by atoms with Crippen LogP contribution in [0.1, 0.15) is 22.3 Å². The van der Waals surface area contributed by atoms with E-state index in [-0.39, 0.29) is 18.1 Å².